The molecule has 2 aromatic rings. The van der Waals surface area contributed by atoms with Crippen molar-refractivity contribution in [2.75, 3.05) is 6.61 Å². The van der Waals surface area contributed by atoms with Gasteiger partial charge in [-0.05, 0) is 43.0 Å². The molecule has 0 heterocycles. The Morgan fingerprint density at radius 1 is 0.870 bits per heavy atom. The lowest BCUT2D eigenvalue weighted by Crippen LogP contribution is -2.59. The van der Waals surface area contributed by atoms with Gasteiger partial charge in [0.05, 0.1) is 10.2 Å². The monoisotopic (exact) mass is 328 g/mol. The summed E-state index contributed by atoms with van der Waals surface area (Å²) in [4.78, 5) is 0. The molecule has 0 radical (unpaired) electrons. The van der Waals surface area contributed by atoms with Crippen LogP contribution in [0.2, 0.25) is 0 Å². The minimum absolute atomic E-state index is 0.417. The highest BCUT2D eigenvalue weighted by Crippen LogP contribution is 2.11. The van der Waals surface area contributed by atoms with Crippen LogP contribution < -0.4 is 10.6 Å². The lowest BCUT2D eigenvalue weighted by molar-refractivity contribution is -0.0272. The summed E-state index contributed by atoms with van der Waals surface area (Å²) in [6.07, 6.45) is 0. The highest BCUT2D eigenvalue weighted by Gasteiger charge is 2.22. The number of aryl methyl sites for hydroxylation is 2. The van der Waals surface area contributed by atoms with E-state index < -0.39 is 5.47 Å². The summed E-state index contributed by atoms with van der Waals surface area (Å²) in [5.74, 6) is 0. The summed E-state index contributed by atoms with van der Waals surface area (Å²) in [6, 6.07) is 16.9. The summed E-state index contributed by atoms with van der Waals surface area (Å²) in [5.41, 5.74) is 4.81. The molecule has 0 spiro atoms. The van der Waals surface area contributed by atoms with Crippen LogP contribution in [0, 0.1) is 13.8 Å². The van der Waals surface area contributed by atoms with E-state index >= 15 is 0 Å². The molecule has 0 amide bonds. The second kappa shape index (κ2) is 8.41. The molecule has 2 N–H and O–H groups in total. The first-order valence-corrected chi connectivity index (χ1v) is 9.27. The minimum atomic E-state index is -0.417. The molecule has 0 fully saturated rings. The van der Waals surface area contributed by atoms with Crippen molar-refractivity contribution in [1.82, 2.24) is 10.6 Å². The molecule has 0 bridgehead atoms. The van der Waals surface area contributed by atoms with E-state index in [0.29, 0.717) is 6.61 Å². The number of rotatable bonds is 8. The average Bonchev–Trinajstić information content (AvgIpc) is 2.54. The van der Waals surface area contributed by atoms with Gasteiger partial charge >= 0.3 is 0 Å². The van der Waals surface area contributed by atoms with E-state index in [2.05, 4.69) is 73.0 Å². The molecule has 0 atom stereocenters. The number of ether oxygens (including phenoxy) is 1. The average molecular weight is 329 g/mol. The first kappa shape index (κ1) is 17.9. The van der Waals surface area contributed by atoms with Gasteiger partial charge in [0.15, 0.2) is 0 Å². The quantitative estimate of drug-likeness (QED) is 0.576. The molecule has 0 aromatic heterocycles. The third kappa shape index (κ3) is 5.29. The molecule has 0 saturated heterocycles. The largest absolute Gasteiger partial charge is 0.353 e. The van der Waals surface area contributed by atoms with E-state index in [4.69, 9.17) is 4.74 Å². The third-order valence-electron chi connectivity index (χ3n) is 4.19. The molecule has 23 heavy (non-hydrogen) atoms. The first-order valence-electron chi connectivity index (χ1n) is 8.27. The van der Waals surface area contributed by atoms with Crippen molar-refractivity contribution in [3.05, 3.63) is 70.8 Å². The van der Waals surface area contributed by atoms with Gasteiger partial charge in [0.1, 0.15) is 5.47 Å². The van der Waals surface area contributed by atoms with E-state index in [-0.39, 0.29) is 0 Å². The Hall–Kier alpha value is -1.46. The Kier molecular flexibility index (Phi) is 6.54. The molecule has 2 rings (SSSR count). The zero-order chi connectivity index (χ0) is 16.7. The van der Waals surface area contributed by atoms with Crippen molar-refractivity contribution in [3.8, 4) is 0 Å². The highest BCUT2D eigenvalue weighted by atomic mass is 28.1. The van der Waals surface area contributed by atoms with E-state index in [9.17, 15) is 0 Å². The fraction of sp³-hybridized carbons (Fsp3) is 0.368. The van der Waals surface area contributed by atoms with Crippen LogP contribution in [0.4, 0.5) is 0 Å². The molecule has 2 aromatic carbocycles. The predicted octanol–water partition coefficient (Wildman–Crippen LogP) is 2.20. The van der Waals surface area contributed by atoms with E-state index in [0.717, 1.165) is 23.3 Å². The topological polar surface area (TPSA) is 33.3 Å². The van der Waals surface area contributed by atoms with Crippen LogP contribution in [0.1, 0.15) is 29.2 Å². The maximum atomic E-state index is 5.99. The molecule has 0 unspecified atom stereocenters. The minimum Gasteiger partial charge on any atom is -0.353 e. The molecule has 124 valence electrons. The molecular weight excluding hydrogens is 300 g/mol. The summed E-state index contributed by atoms with van der Waals surface area (Å²) in [5, 5.41) is 7.14. The molecule has 3 nitrogen and oxygen atoms in total. The zero-order valence-electron chi connectivity index (χ0n) is 14.6. The lowest BCUT2D eigenvalue weighted by atomic mass is 10.1. The van der Waals surface area contributed by atoms with Crippen LogP contribution in [0.5, 0.6) is 0 Å². The summed E-state index contributed by atoms with van der Waals surface area (Å²) in [6.45, 7) is 8.62. The predicted molar refractivity (Wildman–Crippen MR) is 100 cm³/mol. The number of hydrogen-bond acceptors (Lipinski definition) is 3. The Bertz CT molecular complexity index is 581. The van der Waals surface area contributed by atoms with Gasteiger partial charge in [-0.15, -0.1) is 0 Å². The van der Waals surface area contributed by atoms with E-state index in [1.54, 1.807) is 0 Å². The summed E-state index contributed by atoms with van der Waals surface area (Å²) in [7, 11) is 0.851. The van der Waals surface area contributed by atoms with Crippen LogP contribution in [0.3, 0.4) is 0 Å². The van der Waals surface area contributed by atoms with E-state index in [1.165, 1.54) is 22.3 Å². The lowest BCUT2D eigenvalue weighted by Gasteiger charge is -2.33. The van der Waals surface area contributed by atoms with Crippen LogP contribution >= 0.6 is 0 Å². The van der Waals surface area contributed by atoms with Crippen LogP contribution in [-0.2, 0) is 17.8 Å². The molecule has 0 aliphatic carbocycles. The van der Waals surface area contributed by atoms with Crippen molar-refractivity contribution in [2.24, 2.45) is 0 Å². The Morgan fingerprint density at radius 3 is 1.70 bits per heavy atom. The standard InChI is InChI=1S/C19H28N2OSi/c1-4-22-19(23,20-13-17-11-7-5-9-15(17)2)21-14-18-12-8-6-10-16(18)3/h5-12,20-21H,4,13-14H2,1-3,23H3. The Labute approximate surface area is 142 Å². The van der Waals surface area contributed by atoms with Gasteiger partial charge < -0.3 is 4.74 Å². The van der Waals surface area contributed by atoms with Crippen LogP contribution in [0.25, 0.3) is 0 Å². The fourth-order valence-corrected chi connectivity index (χ4v) is 3.24. The third-order valence-corrected chi connectivity index (χ3v) is 5.18. The van der Waals surface area contributed by atoms with Crippen molar-refractivity contribution in [1.29, 1.82) is 0 Å². The van der Waals surface area contributed by atoms with Gasteiger partial charge in [0.25, 0.3) is 0 Å². The number of nitrogens with one attached hydrogen (secondary N) is 2. The van der Waals surface area contributed by atoms with Crippen LogP contribution in [-0.4, -0.2) is 22.3 Å². The maximum Gasteiger partial charge on any atom is 0.146 e. The van der Waals surface area contributed by atoms with Gasteiger partial charge in [0, 0.05) is 19.7 Å². The number of benzene rings is 2. The molecular formula is C19H28N2OSi. The van der Waals surface area contributed by atoms with Gasteiger partial charge in [-0.25, -0.2) is 0 Å². The smallest absolute Gasteiger partial charge is 0.146 e. The molecule has 4 heteroatoms. The molecule has 0 aliphatic rings. The molecule has 0 aliphatic heterocycles. The van der Waals surface area contributed by atoms with Crippen LogP contribution in [0.15, 0.2) is 48.5 Å². The van der Waals surface area contributed by atoms with Gasteiger partial charge in [-0.1, -0.05) is 48.5 Å². The normalized spacial score (nSPS) is 11.8. The van der Waals surface area contributed by atoms with Crippen molar-refractivity contribution < 1.29 is 4.74 Å². The SMILES string of the molecule is CCOC([SiH3])(NCc1ccccc1C)NCc1ccccc1C. The fourth-order valence-electron chi connectivity index (χ4n) is 2.60. The first-order chi connectivity index (χ1) is 11.0. The van der Waals surface area contributed by atoms with Gasteiger partial charge in [-0.2, -0.15) is 0 Å². The number of hydrogen-bond donors (Lipinski definition) is 2. The Balaban J connectivity index is 2.00. The van der Waals surface area contributed by atoms with E-state index in [1.807, 2.05) is 6.92 Å². The van der Waals surface area contributed by atoms with Gasteiger partial charge in [0.2, 0.25) is 0 Å². The highest BCUT2D eigenvalue weighted by molar-refractivity contribution is 6.13. The second-order valence-corrected chi connectivity index (χ2v) is 7.43. The van der Waals surface area contributed by atoms with Gasteiger partial charge in [-0.3, -0.25) is 10.6 Å². The van der Waals surface area contributed by atoms with Crippen molar-refractivity contribution >= 4 is 10.2 Å². The second-order valence-electron chi connectivity index (χ2n) is 6.03. The summed E-state index contributed by atoms with van der Waals surface area (Å²) >= 11 is 0. The van der Waals surface area contributed by atoms with Crippen molar-refractivity contribution in [3.63, 3.8) is 0 Å². The maximum absolute atomic E-state index is 5.99. The molecule has 0 saturated carbocycles. The summed E-state index contributed by atoms with van der Waals surface area (Å²) < 4.78 is 5.99. The zero-order valence-corrected chi connectivity index (χ0v) is 16.6. The van der Waals surface area contributed by atoms with Crippen molar-refractivity contribution in [2.45, 2.75) is 39.3 Å². The Morgan fingerprint density at radius 2 is 1.30 bits per heavy atom.